The zero-order valence-corrected chi connectivity index (χ0v) is 66.7. The van der Waals surface area contributed by atoms with Crippen LogP contribution in [0.15, 0.2) is 91.5 Å². The highest BCUT2D eigenvalue weighted by Crippen LogP contribution is 2.50. The van der Waals surface area contributed by atoms with Crippen molar-refractivity contribution in [1.82, 2.24) is 73.8 Å². The number of hydrogen-bond donors (Lipinski definition) is 7. The number of hydrogen-bond acceptors (Lipinski definition) is 21. The van der Waals surface area contributed by atoms with E-state index in [1.807, 2.05) is 73.3 Å². The molecule has 12 N–H and O–H groups in total. The maximum atomic E-state index is 6.51. The Balaban J connectivity index is 0.000000115. The van der Waals surface area contributed by atoms with E-state index in [-0.39, 0.29) is 29.7 Å². The van der Waals surface area contributed by atoms with Crippen molar-refractivity contribution in [1.29, 1.82) is 0 Å². The normalized spacial score (nSPS) is 12.9. The zero-order valence-electron chi connectivity index (χ0n) is 59.2. The van der Waals surface area contributed by atoms with Crippen molar-refractivity contribution in [2.75, 3.05) is 82.8 Å². The van der Waals surface area contributed by atoms with Gasteiger partial charge in [-0.1, -0.05) is 116 Å². The first-order chi connectivity index (χ1) is 52.9. The molecule has 14 aromatic rings. The van der Waals surface area contributed by atoms with E-state index >= 15 is 0 Å². The number of aryl methyl sites for hydroxylation is 3. The molecule has 3 aliphatic heterocycles. The molecule has 0 saturated heterocycles. The Bertz CT molecular complexity index is 5950. The molecule has 0 amide bonds. The maximum absolute atomic E-state index is 6.51. The molecule has 4 aliphatic rings. The fourth-order valence-electron chi connectivity index (χ4n) is 13.6. The van der Waals surface area contributed by atoms with E-state index in [2.05, 4.69) is 71.3 Å². The fraction of sp³-hybridized carbons (Fsp3) is 0.227. The van der Waals surface area contributed by atoms with Crippen molar-refractivity contribution in [2.45, 2.75) is 52.0 Å². The van der Waals surface area contributed by atoms with Gasteiger partial charge in [-0.3, -0.25) is 0 Å². The van der Waals surface area contributed by atoms with Crippen LogP contribution in [0.4, 0.5) is 29.7 Å². The number of likely N-dealkylation sites (N-methyl/N-ethyl adjacent to an activating group) is 1. The van der Waals surface area contributed by atoms with Crippen molar-refractivity contribution < 1.29 is 23.7 Å². The quantitative estimate of drug-likeness (QED) is 0.0632. The number of nitrogens with two attached hydrogens (primary N) is 5. The Labute approximate surface area is 678 Å². The number of anilines is 5. The van der Waals surface area contributed by atoms with E-state index in [9.17, 15) is 0 Å². The zero-order chi connectivity index (χ0) is 77.7. The van der Waals surface area contributed by atoms with E-state index in [0.29, 0.717) is 128 Å². The molecule has 5 aromatic carbocycles. The Hall–Kier alpha value is -9.48. The second-order valence-corrected chi connectivity index (χ2v) is 29.7. The monoisotopic (exact) mass is 1680 g/mol. The molecule has 0 bridgehead atoms. The van der Waals surface area contributed by atoms with Gasteiger partial charge in [0, 0.05) is 120 Å². The third kappa shape index (κ3) is 15.4. The molecule has 25 nitrogen and oxygen atoms in total. The van der Waals surface area contributed by atoms with Crippen LogP contribution in [0.25, 0.3) is 100 Å². The summed E-state index contributed by atoms with van der Waals surface area (Å²) in [4.78, 5) is 51.5. The van der Waals surface area contributed by atoms with Gasteiger partial charge in [0.2, 0.25) is 29.7 Å². The largest absolute Gasteiger partial charge is 0.495 e. The van der Waals surface area contributed by atoms with Gasteiger partial charge in [-0.15, -0.1) is 0 Å². The summed E-state index contributed by atoms with van der Waals surface area (Å²) in [5.74, 6) is 4.25. The lowest BCUT2D eigenvalue weighted by molar-refractivity contribution is 0.261. The summed E-state index contributed by atoms with van der Waals surface area (Å²) in [5.41, 5.74) is 48.0. The molecule has 0 fully saturated rings. The number of methoxy groups -OCH3 is 1. The van der Waals surface area contributed by atoms with Gasteiger partial charge < -0.3 is 76.4 Å². The molecule has 0 saturated carbocycles. The molecule has 110 heavy (non-hydrogen) atoms. The molecule has 566 valence electrons. The molecular formula is C75H66Cl10N20O5. The first kappa shape index (κ1) is 77.3. The lowest BCUT2D eigenvalue weighted by Crippen LogP contribution is -2.19. The highest BCUT2D eigenvalue weighted by atomic mass is 35.5. The minimum atomic E-state index is 0.178. The van der Waals surface area contributed by atoms with Crippen molar-refractivity contribution in [3.05, 3.63) is 170 Å². The summed E-state index contributed by atoms with van der Waals surface area (Å²) in [6, 6.07) is 19.5. The Morgan fingerprint density at radius 3 is 1.40 bits per heavy atom. The molecule has 0 radical (unpaired) electrons. The van der Waals surface area contributed by atoms with E-state index in [0.717, 1.165) is 157 Å². The Morgan fingerprint density at radius 2 is 0.873 bits per heavy atom. The van der Waals surface area contributed by atoms with Crippen molar-refractivity contribution in [3.63, 3.8) is 0 Å². The molecule has 0 spiro atoms. The summed E-state index contributed by atoms with van der Waals surface area (Å²) in [7, 11) is 7.46. The summed E-state index contributed by atoms with van der Waals surface area (Å²) in [6.45, 7) is 5.95. The number of fused-ring (bicyclic) bond motifs is 8. The number of H-pyrrole nitrogens is 2. The second-order valence-electron chi connectivity index (χ2n) is 25.6. The van der Waals surface area contributed by atoms with Crippen LogP contribution in [0.5, 0.6) is 28.7 Å². The van der Waals surface area contributed by atoms with Gasteiger partial charge in [-0.05, 0) is 107 Å². The van der Waals surface area contributed by atoms with Crippen LogP contribution >= 0.6 is 116 Å². The summed E-state index contributed by atoms with van der Waals surface area (Å²) >= 11 is 63.1. The van der Waals surface area contributed by atoms with Gasteiger partial charge in [0.15, 0.2) is 0 Å². The first-order valence-electron chi connectivity index (χ1n) is 34.2. The van der Waals surface area contributed by atoms with Crippen LogP contribution in [-0.4, -0.2) is 128 Å². The molecular weight excluding hydrogens is 1620 g/mol. The molecule has 1 aliphatic carbocycles. The number of nitrogen functional groups attached to an aromatic ring is 5. The van der Waals surface area contributed by atoms with Crippen LogP contribution in [0.1, 0.15) is 41.3 Å². The predicted molar refractivity (Wildman–Crippen MR) is 441 cm³/mol. The Morgan fingerprint density at radius 1 is 0.445 bits per heavy atom. The Kier molecular flexibility index (Phi) is 22.8. The highest BCUT2D eigenvalue weighted by molar-refractivity contribution is 6.40. The molecule has 18 rings (SSSR count). The third-order valence-corrected chi connectivity index (χ3v) is 21.4. The number of ether oxygens (including phenoxy) is 5. The van der Waals surface area contributed by atoms with Crippen LogP contribution < -0.4 is 52.4 Å². The maximum Gasteiger partial charge on any atom is 0.221 e. The number of aromatic nitrogens is 14. The standard InChI is InChI=1S/C17H20Cl2N4O.C16H14Cl2N4O.C15H12Cl2N4O.C14H10Cl2N4O.C13H10Cl2N4O/c1-23(2)6-7-24-15-8-11(12(18)9-13(15)19)16-10-4-3-5-14(10)21-17(20)22-16;1-2-22-5-3-11-14(22)13(21-16(19)20-11)12-8-4-6-23-15(8)10(18)7-9(12)17;1-21-4-2-10-13(21)12(20-15(18)19-10)11-7-3-5-22-14(7)9(17)6-8(11)16;15-7-5-8(16)13-6(2-4-21-13)10(7)12-11-9(1-3-18-11)19-14(17)20-12;1-20-10-4-6(7(14)5-8(10)15)11-12-9(2-3-17-12)18-13(16)19-11/h8-9H,3-7H2,1-2H3,(H2,20,21,22);3,5,7H,2,4,6H2,1H3,(H2,19,20,21);2,4,6H,3,5H2,1H3,(H2,18,19,20);1,3,5,18H,2,4H2,(H2,17,19,20);2-5,17H,1H3,(H2,16,18,19). The average molecular weight is 1680 g/mol. The SMILES string of the molecule is CCn1ccc2nc(N)nc(-c3c(Cl)cc(Cl)c4c3CCO4)c21.CN(C)CCOc1cc(-c2nc(N)nc3c2CCC3)c(Cl)cc1Cl.COc1cc(-c2nc(N)nc3cc[nH]c23)c(Cl)cc1Cl.Cn1ccc2nc(N)nc(-c3c(Cl)cc(Cl)c4c3CCO4)c21.Nc1nc(-c2c(Cl)cc(Cl)c3c2CCO3)c2[nH]ccc2n1. The van der Waals surface area contributed by atoms with Crippen molar-refractivity contribution in [3.8, 4) is 85.0 Å². The molecule has 12 heterocycles. The van der Waals surface area contributed by atoms with E-state index < -0.39 is 0 Å². The van der Waals surface area contributed by atoms with Crippen LogP contribution in [0.3, 0.4) is 0 Å². The second kappa shape index (κ2) is 32.5. The van der Waals surface area contributed by atoms with Crippen molar-refractivity contribution in [2.24, 2.45) is 7.05 Å². The lowest BCUT2D eigenvalue weighted by Gasteiger charge is -2.15. The van der Waals surface area contributed by atoms with Crippen LogP contribution in [0.2, 0.25) is 50.2 Å². The van der Waals surface area contributed by atoms with Gasteiger partial charge in [0.25, 0.3) is 0 Å². The summed E-state index contributed by atoms with van der Waals surface area (Å²) in [6.07, 6.45) is 12.6. The lowest BCUT2D eigenvalue weighted by atomic mass is 10.0. The number of halogens is 10. The van der Waals surface area contributed by atoms with Gasteiger partial charge in [0.1, 0.15) is 58.1 Å². The minimum Gasteiger partial charge on any atom is -0.495 e. The fourth-order valence-corrected chi connectivity index (χ4v) is 16.6. The minimum absolute atomic E-state index is 0.178. The van der Waals surface area contributed by atoms with Crippen LogP contribution in [0, 0.1) is 0 Å². The number of aromatic amines is 2. The topological polar surface area (TPSA) is 350 Å². The number of rotatable bonds is 11. The molecule has 9 aromatic heterocycles. The number of nitrogens with zero attached hydrogens (tertiary/aromatic N) is 13. The number of benzene rings is 5. The molecule has 0 unspecified atom stereocenters. The van der Waals surface area contributed by atoms with Gasteiger partial charge in [-0.25, -0.2) is 49.8 Å². The smallest absolute Gasteiger partial charge is 0.221 e. The first-order valence-corrected chi connectivity index (χ1v) is 37.9. The van der Waals surface area contributed by atoms with E-state index in [4.69, 9.17) is 168 Å². The van der Waals surface area contributed by atoms with Gasteiger partial charge in [-0.2, -0.15) is 0 Å². The number of nitrogens with one attached hydrogen (secondary N) is 2. The average Bonchev–Trinajstić information content (AvgIpc) is 1.55. The summed E-state index contributed by atoms with van der Waals surface area (Å²) < 4.78 is 31.9. The third-order valence-electron chi connectivity index (χ3n) is 18.4. The molecule has 35 heteroatoms. The van der Waals surface area contributed by atoms with E-state index in [1.54, 1.807) is 48.8 Å². The van der Waals surface area contributed by atoms with Crippen LogP contribution in [-0.2, 0) is 45.7 Å². The van der Waals surface area contributed by atoms with Crippen molar-refractivity contribution >= 4 is 190 Å². The van der Waals surface area contributed by atoms with Gasteiger partial charge in [0.05, 0.1) is 127 Å². The van der Waals surface area contributed by atoms with E-state index in [1.165, 1.54) is 7.11 Å². The highest BCUT2D eigenvalue weighted by Gasteiger charge is 2.31. The summed E-state index contributed by atoms with van der Waals surface area (Å²) in [5, 5.41) is 5.09. The molecule has 0 atom stereocenters. The predicted octanol–water partition coefficient (Wildman–Crippen LogP) is 17.8. The van der Waals surface area contributed by atoms with Gasteiger partial charge >= 0.3 is 0 Å².